The van der Waals surface area contributed by atoms with Crippen molar-refractivity contribution in [2.24, 2.45) is 0 Å². The lowest BCUT2D eigenvalue weighted by atomic mass is 10.4. The summed E-state index contributed by atoms with van der Waals surface area (Å²) in [6, 6.07) is 2.79. The number of ether oxygens (including phenoxy) is 1. The Kier molecular flexibility index (Phi) is 4.20. The highest BCUT2D eigenvalue weighted by atomic mass is 16.5. The molecule has 0 amide bonds. The highest BCUT2D eigenvalue weighted by molar-refractivity contribution is 5.44. The van der Waals surface area contributed by atoms with E-state index in [1.165, 1.54) is 12.8 Å². The summed E-state index contributed by atoms with van der Waals surface area (Å²) in [5, 5.41) is 3.22. The maximum atomic E-state index is 5.70. The Hall–Kier alpha value is -1.29. The summed E-state index contributed by atoms with van der Waals surface area (Å²) in [5.74, 6) is 0.840. The van der Waals surface area contributed by atoms with Gasteiger partial charge >= 0.3 is 0 Å². The summed E-state index contributed by atoms with van der Waals surface area (Å²) in [6.07, 6.45) is 6.26. The van der Waals surface area contributed by atoms with E-state index in [0.717, 1.165) is 37.2 Å². The van der Waals surface area contributed by atoms with Crippen molar-refractivity contribution in [3.8, 4) is 5.75 Å². The molecule has 1 fully saturated rings. The number of rotatable bonds is 7. The zero-order valence-electron chi connectivity index (χ0n) is 10.6. The van der Waals surface area contributed by atoms with Gasteiger partial charge in [0, 0.05) is 25.2 Å². The van der Waals surface area contributed by atoms with Crippen molar-refractivity contribution >= 4 is 5.69 Å². The summed E-state index contributed by atoms with van der Waals surface area (Å²) < 4.78 is 5.70. The van der Waals surface area contributed by atoms with Crippen molar-refractivity contribution in [3.05, 3.63) is 18.5 Å². The highest BCUT2D eigenvalue weighted by Gasteiger charge is 2.25. The molecule has 1 saturated carbocycles. The van der Waals surface area contributed by atoms with Gasteiger partial charge in [0.1, 0.15) is 12.4 Å². The zero-order valence-corrected chi connectivity index (χ0v) is 10.6. The van der Waals surface area contributed by atoms with Gasteiger partial charge in [-0.3, -0.25) is 4.98 Å². The third kappa shape index (κ3) is 3.89. The number of nitrogens with one attached hydrogen (secondary N) is 1. The van der Waals surface area contributed by atoms with Crippen LogP contribution in [0.25, 0.3) is 0 Å². The van der Waals surface area contributed by atoms with Gasteiger partial charge in [-0.15, -0.1) is 0 Å². The molecule has 1 N–H and O–H groups in total. The van der Waals surface area contributed by atoms with Crippen LogP contribution in [0.5, 0.6) is 5.75 Å². The van der Waals surface area contributed by atoms with Crippen molar-refractivity contribution in [1.29, 1.82) is 0 Å². The number of pyridine rings is 1. The van der Waals surface area contributed by atoms with Gasteiger partial charge in [0.05, 0.1) is 18.1 Å². The lowest BCUT2D eigenvalue weighted by Crippen LogP contribution is -2.26. The lowest BCUT2D eigenvalue weighted by molar-refractivity contribution is 0.231. The summed E-state index contributed by atoms with van der Waals surface area (Å²) in [5.41, 5.74) is 1.01. The summed E-state index contributed by atoms with van der Waals surface area (Å²) in [7, 11) is 2.16. The fraction of sp³-hybridized carbons (Fsp3) is 0.615. The molecule has 0 radical (unpaired) electrons. The van der Waals surface area contributed by atoms with E-state index < -0.39 is 0 Å². The van der Waals surface area contributed by atoms with Crippen LogP contribution in [0.4, 0.5) is 5.69 Å². The fourth-order valence-electron chi connectivity index (χ4n) is 1.80. The molecule has 1 heterocycles. The molecule has 94 valence electrons. The van der Waals surface area contributed by atoms with Gasteiger partial charge < -0.3 is 15.0 Å². The molecule has 1 aliphatic carbocycles. The van der Waals surface area contributed by atoms with Crippen molar-refractivity contribution in [1.82, 2.24) is 9.88 Å². The minimum absolute atomic E-state index is 0.726. The van der Waals surface area contributed by atoms with Crippen LogP contribution in [0.3, 0.4) is 0 Å². The van der Waals surface area contributed by atoms with Gasteiger partial charge in [-0.2, -0.15) is 0 Å². The topological polar surface area (TPSA) is 37.4 Å². The first kappa shape index (κ1) is 12.2. The third-order valence-corrected chi connectivity index (χ3v) is 2.98. The molecular formula is C13H21N3O. The molecule has 1 aliphatic rings. The van der Waals surface area contributed by atoms with E-state index in [-0.39, 0.29) is 0 Å². The number of hydrogen-bond acceptors (Lipinski definition) is 4. The predicted molar refractivity (Wildman–Crippen MR) is 69.5 cm³/mol. The zero-order chi connectivity index (χ0) is 12.1. The molecule has 17 heavy (non-hydrogen) atoms. The van der Waals surface area contributed by atoms with Crippen molar-refractivity contribution in [2.45, 2.75) is 25.8 Å². The van der Waals surface area contributed by atoms with E-state index in [9.17, 15) is 0 Å². The maximum Gasteiger partial charge on any atom is 0.139 e. The summed E-state index contributed by atoms with van der Waals surface area (Å²) in [6.45, 7) is 4.67. The first-order valence-electron chi connectivity index (χ1n) is 6.31. The first-order chi connectivity index (χ1) is 8.29. The van der Waals surface area contributed by atoms with Crippen LogP contribution in [0.15, 0.2) is 18.5 Å². The van der Waals surface area contributed by atoms with Crippen LogP contribution < -0.4 is 10.1 Å². The van der Waals surface area contributed by atoms with Gasteiger partial charge in [-0.25, -0.2) is 0 Å². The fourth-order valence-corrected chi connectivity index (χ4v) is 1.80. The van der Waals surface area contributed by atoms with E-state index in [4.69, 9.17) is 4.74 Å². The van der Waals surface area contributed by atoms with Crippen LogP contribution in [-0.4, -0.2) is 42.7 Å². The normalized spacial score (nSPS) is 15.0. The van der Waals surface area contributed by atoms with Crippen molar-refractivity contribution < 1.29 is 4.74 Å². The Balaban J connectivity index is 1.75. The number of nitrogens with zero attached hydrogens (tertiary/aromatic N) is 2. The van der Waals surface area contributed by atoms with Crippen LogP contribution in [0.2, 0.25) is 0 Å². The third-order valence-electron chi connectivity index (χ3n) is 2.98. The van der Waals surface area contributed by atoms with E-state index in [0.29, 0.717) is 0 Å². The molecule has 0 aliphatic heterocycles. The average Bonchev–Trinajstić information content (AvgIpc) is 3.14. The Labute approximate surface area is 103 Å². The second kappa shape index (κ2) is 5.87. The molecule has 0 unspecified atom stereocenters. The molecule has 0 atom stereocenters. The largest absolute Gasteiger partial charge is 0.491 e. The minimum Gasteiger partial charge on any atom is -0.491 e. The molecule has 0 aromatic carbocycles. The summed E-state index contributed by atoms with van der Waals surface area (Å²) in [4.78, 5) is 6.51. The smallest absolute Gasteiger partial charge is 0.139 e. The molecule has 1 aromatic rings. The average molecular weight is 235 g/mol. The van der Waals surface area contributed by atoms with E-state index in [1.807, 2.05) is 12.3 Å². The highest BCUT2D eigenvalue weighted by Crippen LogP contribution is 2.24. The van der Waals surface area contributed by atoms with Gasteiger partial charge in [-0.1, -0.05) is 0 Å². The minimum atomic E-state index is 0.726. The Bertz CT molecular complexity index is 352. The standard InChI is InChI=1S/C13H21N3O/c1-3-15-11-8-13(10-14-9-11)17-7-6-16(2)12-4-5-12/h8-10,12,15H,3-7H2,1-2H3. The van der Waals surface area contributed by atoms with Crippen LogP contribution >= 0.6 is 0 Å². The Morgan fingerprint density at radius 3 is 3.00 bits per heavy atom. The van der Waals surface area contributed by atoms with Crippen molar-refractivity contribution in [2.75, 3.05) is 32.1 Å². The van der Waals surface area contributed by atoms with Gasteiger partial charge in [-0.05, 0) is 26.8 Å². The number of likely N-dealkylation sites (N-methyl/N-ethyl adjacent to an activating group) is 1. The number of aromatic nitrogens is 1. The van der Waals surface area contributed by atoms with Gasteiger partial charge in [0.25, 0.3) is 0 Å². The molecule has 1 aromatic heterocycles. The van der Waals surface area contributed by atoms with E-state index >= 15 is 0 Å². The molecule has 4 nitrogen and oxygen atoms in total. The SMILES string of the molecule is CCNc1cncc(OCCN(C)C2CC2)c1. The summed E-state index contributed by atoms with van der Waals surface area (Å²) >= 11 is 0. The van der Waals surface area contributed by atoms with Gasteiger partial charge in [0.2, 0.25) is 0 Å². The second-order valence-corrected chi connectivity index (χ2v) is 4.50. The maximum absolute atomic E-state index is 5.70. The Morgan fingerprint density at radius 1 is 1.47 bits per heavy atom. The second-order valence-electron chi connectivity index (χ2n) is 4.50. The molecule has 4 heteroatoms. The first-order valence-corrected chi connectivity index (χ1v) is 6.31. The van der Waals surface area contributed by atoms with Crippen molar-refractivity contribution in [3.63, 3.8) is 0 Å². The van der Waals surface area contributed by atoms with Crippen LogP contribution in [0, 0.1) is 0 Å². The molecule has 0 spiro atoms. The lowest BCUT2D eigenvalue weighted by Gasteiger charge is -2.16. The van der Waals surface area contributed by atoms with E-state index in [2.05, 4.69) is 29.2 Å². The quantitative estimate of drug-likeness (QED) is 0.784. The molecule has 0 bridgehead atoms. The van der Waals surface area contributed by atoms with Crippen LogP contribution in [-0.2, 0) is 0 Å². The Morgan fingerprint density at radius 2 is 2.29 bits per heavy atom. The van der Waals surface area contributed by atoms with Crippen LogP contribution in [0.1, 0.15) is 19.8 Å². The monoisotopic (exact) mass is 235 g/mol. The number of anilines is 1. The molecule has 2 rings (SSSR count). The molecule has 0 saturated heterocycles. The molecular weight excluding hydrogens is 214 g/mol. The van der Waals surface area contributed by atoms with E-state index in [1.54, 1.807) is 6.20 Å². The number of hydrogen-bond donors (Lipinski definition) is 1. The van der Waals surface area contributed by atoms with Gasteiger partial charge in [0.15, 0.2) is 0 Å². The predicted octanol–water partition coefficient (Wildman–Crippen LogP) is 1.99.